The van der Waals surface area contributed by atoms with Gasteiger partial charge in [0.2, 0.25) is 0 Å². The zero-order valence-electron chi connectivity index (χ0n) is 6.14. The average Bonchev–Trinajstić information content (AvgIpc) is 1.89. The molecule has 0 aliphatic carbocycles. The van der Waals surface area contributed by atoms with Crippen LogP contribution in [-0.4, -0.2) is 12.6 Å². The quantitative estimate of drug-likeness (QED) is 0.412. The Balaban J connectivity index is 2.97. The van der Waals surface area contributed by atoms with Crippen LogP contribution >= 0.6 is 0 Å². The molecule has 2 nitrogen and oxygen atoms in total. The maximum Gasteiger partial charge on any atom is 0.305 e. The summed E-state index contributed by atoms with van der Waals surface area (Å²) in [6, 6.07) is 0. The van der Waals surface area contributed by atoms with Crippen LogP contribution in [0.25, 0.3) is 0 Å². The van der Waals surface area contributed by atoms with E-state index in [0.29, 0.717) is 26.3 Å². The number of carbonyl (C=O) groups is 1. The molecule has 0 heterocycles. The van der Waals surface area contributed by atoms with Crippen LogP contribution in [-0.2, 0) is 9.53 Å². The molecular formula is C6H12O2. The van der Waals surface area contributed by atoms with E-state index in [1.54, 1.807) is 6.92 Å². The smallest absolute Gasteiger partial charge is 0.305 e. The Morgan fingerprint density at radius 2 is 2.62 bits per heavy atom. The van der Waals surface area contributed by atoms with Gasteiger partial charge in [-0.05, 0) is 6.42 Å². The highest BCUT2D eigenvalue weighted by Crippen LogP contribution is 1.85. The maximum atomic E-state index is 10.4. The SMILES string of the molecule is [2H]CCCOC(=O)CC. The van der Waals surface area contributed by atoms with E-state index in [2.05, 4.69) is 4.74 Å². The molecule has 0 aliphatic heterocycles. The summed E-state index contributed by atoms with van der Waals surface area (Å²) in [6.07, 6.45) is 1.07. The molecule has 0 bridgehead atoms. The van der Waals surface area contributed by atoms with Crippen LogP contribution in [0, 0.1) is 0 Å². The fourth-order valence-corrected chi connectivity index (χ4v) is 0.288. The van der Waals surface area contributed by atoms with E-state index in [-0.39, 0.29) is 5.97 Å². The number of esters is 1. The van der Waals surface area contributed by atoms with Crippen molar-refractivity contribution < 1.29 is 10.9 Å². The van der Waals surface area contributed by atoms with Gasteiger partial charge in [0.25, 0.3) is 0 Å². The molecule has 0 spiro atoms. The number of hydrogen-bond acceptors (Lipinski definition) is 2. The lowest BCUT2D eigenvalue weighted by molar-refractivity contribution is -0.143. The minimum atomic E-state index is -0.177. The molecule has 0 saturated carbocycles. The summed E-state index contributed by atoms with van der Waals surface area (Å²) in [5, 5.41) is 0. The van der Waals surface area contributed by atoms with E-state index in [0.717, 1.165) is 0 Å². The van der Waals surface area contributed by atoms with Crippen LogP contribution in [0.5, 0.6) is 0 Å². The molecule has 0 fully saturated rings. The average molecular weight is 117 g/mol. The topological polar surface area (TPSA) is 26.3 Å². The molecule has 0 radical (unpaired) electrons. The molecule has 48 valence electrons. The first-order chi connectivity index (χ1) is 4.31. The van der Waals surface area contributed by atoms with Gasteiger partial charge in [-0.15, -0.1) is 0 Å². The molecule has 0 atom stereocenters. The Morgan fingerprint density at radius 1 is 1.88 bits per heavy atom. The van der Waals surface area contributed by atoms with Crippen LogP contribution in [0.1, 0.15) is 28.0 Å². The lowest BCUT2D eigenvalue weighted by atomic mass is 10.5. The molecular weight excluding hydrogens is 104 g/mol. The van der Waals surface area contributed by atoms with Crippen molar-refractivity contribution >= 4 is 5.97 Å². The number of hydrogen-bond donors (Lipinski definition) is 0. The molecule has 0 saturated heterocycles. The predicted octanol–water partition coefficient (Wildman–Crippen LogP) is 1.35. The Hall–Kier alpha value is -0.530. The molecule has 0 amide bonds. The summed E-state index contributed by atoms with van der Waals surface area (Å²) in [6.45, 7) is 2.48. The minimum Gasteiger partial charge on any atom is -0.466 e. The summed E-state index contributed by atoms with van der Waals surface area (Å²) < 4.78 is 11.4. The lowest BCUT2D eigenvalue weighted by Crippen LogP contribution is -2.02. The summed E-state index contributed by atoms with van der Waals surface area (Å²) in [5.41, 5.74) is 0. The minimum absolute atomic E-state index is 0.177. The fourth-order valence-electron chi connectivity index (χ4n) is 0.288. The van der Waals surface area contributed by atoms with Crippen LogP contribution in [0.15, 0.2) is 0 Å². The lowest BCUT2D eigenvalue weighted by Gasteiger charge is -1.97. The van der Waals surface area contributed by atoms with E-state index in [1.165, 1.54) is 0 Å². The molecule has 0 aromatic rings. The third-order valence-electron chi connectivity index (χ3n) is 0.696. The maximum absolute atomic E-state index is 10.4. The van der Waals surface area contributed by atoms with E-state index in [4.69, 9.17) is 1.37 Å². The molecule has 0 rings (SSSR count). The molecule has 0 aromatic heterocycles. The van der Waals surface area contributed by atoms with Crippen LogP contribution in [0.3, 0.4) is 0 Å². The van der Waals surface area contributed by atoms with Crippen LogP contribution in [0.2, 0.25) is 0 Å². The number of rotatable bonds is 3. The highest BCUT2D eigenvalue weighted by Gasteiger charge is 1.93. The van der Waals surface area contributed by atoms with E-state index in [1.807, 2.05) is 0 Å². The Morgan fingerprint density at radius 3 is 3.12 bits per heavy atom. The first-order valence-corrected chi connectivity index (χ1v) is 2.76. The van der Waals surface area contributed by atoms with Crippen molar-refractivity contribution in [3.63, 3.8) is 0 Å². The van der Waals surface area contributed by atoms with E-state index in [9.17, 15) is 4.79 Å². The van der Waals surface area contributed by atoms with E-state index >= 15 is 0 Å². The zero-order chi connectivity index (χ0) is 7.11. The first-order valence-electron chi connectivity index (χ1n) is 3.46. The summed E-state index contributed by atoms with van der Waals surface area (Å²) in [4.78, 5) is 10.4. The van der Waals surface area contributed by atoms with Crippen molar-refractivity contribution in [1.82, 2.24) is 0 Å². The van der Waals surface area contributed by atoms with Gasteiger partial charge in [-0.1, -0.05) is 13.8 Å². The van der Waals surface area contributed by atoms with E-state index < -0.39 is 0 Å². The predicted molar refractivity (Wildman–Crippen MR) is 31.5 cm³/mol. The normalized spacial score (nSPS) is 10.4. The summed E-state index contributed by atoms with van der Waals surface area (Å²) in [5.74, 6) is -0.177. The molecule has 2 heteroatoms. The van der Waals surface area contributed by atoms with Crippen molar-refractivity contribution in [2.24, 2.45) is 0 Å². The number of ether oxygens (including phenoxy) is 1. The van der Waals surface area contributed by atoms with Crippen molar-refractivity contribution in [2.45, 2.75) is 26.7 Å². The highest BCUT2D eigenvalue weighted by molar-refractivity contribution is 5.68. The fraction of sp³-hybridized carbons (Fsp3) is 0.833. The second-order valence-corrected chi connectivity index (χ2v) is 1.43. The van der Waals surface area contributed by atoms with Gasteiger partial charge in [0.1, 0.15) is 0 Å². The first kappa shape index (κ1) is 5.60. The Kier molecular flexibility index (Phi) is 3.24. The number of carbonyl (C=O) groups excluding carboxylic acids is 1. The monoisotopic (exact) mass is 117 g/mol. The second kappa shape index (κ2) is 4.62. The van der Waals surface area contributed by atoms with Gasteiger partial charge in [0.15, 0.2) is 0 Å². The van der Waals surface area contributed by atoms with Crippen molar-refractivity contribution in [3.05, 3.63) is 0 Å². The zero-order valence-corrected chi connectivity index (χ0v) is 5.14. The van der Waals surface area contributed by atoms with Gasteiger partial charge in [-0.25, -0.2) is 0 Å². The molecule has 0 aromatic carbocycles. The van der Waals surface area contributed by atoms with Gasteiger partial charge in [-0.3, -0.25) is 4.79 Å². The summed E-state index contributed by atoms with van der Waals surface area (Å²) in [7, 11) is 0. The van der Waals surface area contributed by atoms with Crippen LogP contribution < -0.4 is 0 Å². The molecule has 0 N–H and O–H groups in total. The molecule has 8 heavy (non-hydrogen) atoms. The van der Waals surface area contributed by atoms with Crippen molar-refractivity contribution in [1.29, 1.82) is 0 Å². The van der Waals surface area contributed by atoms with Crippen molar-refractivity contribution in [2.75, 3.05) is 6.61 Å². The molecule has 0 unspecified atom stereocenters. The second-order valence-electron chi connectivity index (χ2n) is 1.43. The van der Waals surface area contributed by atoms with Gasteiger partial charge in [0, 0.05) is 7.79 Å². The van der Waals surface area contributed by atoms with Gasteiger partial charge in [-0.2, -0.15) is 0 Å². The largest absolute Gasteiger partial charge is 0.466 e. The molecule has 0 aliphatic rings. The van der Waals surface area contributed by atoms with Crippen molar-refractivity contribution in [3.8, 4) is 0 Å². The summed E-state index contributed by atoms with van der Waals surface area (Å²) >= 11 is 0. The third kappa shape index (κ3) is 3.65. The Labute approximate surface area is 51.2 Å². The standard InChI is InChI=1S/C6H12O2/c1-3-5-8-6(7)4-2/h3-5H2,1-2H3/i1D. The Bertz CT molecular complexity index is 83.1. The van der Waals surface area contributed by atoms with Crippen LogP contribution in [0.4, 0.5) is 0 Å². The highest BCUT2D eigenvalue weighted by atomic mass is 16.5. The van der Waals surface area contributed by atoms with Gasteiger partial charge < -0.3 is 4.74 Å². The third-order valence-corrected chi connectivity index (χ3v) is 0.696. The van der Waals surface area contributed by atoms with Gasteiger partial charge >= 0.3 is 5.97 Å². The van der Waals surface area contributed by atoms with Gasteiger partial charge in [0.05, 0.1) is 6.61 Å².